The average Bonchev–Trinajstić information content (AvgIpc) is 3.37. The quantitative estimate of drug-likeness (QED) is 0.373. The van der Waals surface area contributed by atoms with Gasteiger partial charge in [-0.1, -0.05) is 29.3 Å². The van der Waals surface area contributed by atoms with Gasteiger partial charge in [-0.2, -0.15) is 13.2 Å². The van der Waals surface area contributed by atoms with E-state index in [1.165, 1.54) is 12.1 Å². The Hall–Kier alpha value is -2.53. The second-order valence-electron chi connectivity index (χ2n) is 10.4. The van der Waals surface area contributed by atoms with E-state index in [-0.39, 0.29) is 24.3 Å². The van der Waals surface area contributed by atoms with Gasteiger partial charge in [-0.3, -0.25) is 9.59 Å². The van der Waals surface area contributed by atoms with E-state index in [1.807, 2.05) is 11.8 Å². The fourth-order valence-corrected chi connectivity index (χ4v) is 5.94. The van der Waals surface area contributed by atoms with E-state index in [9.17, 15) is 22.8 Å². The zero-order valence-corrected chi connectivity index (χ0v) is 24.7. The van der Waals surface area contributed by atoms with E-state index in [2.05, 4.69) is 5.32 Å². The molecule has 224 valence electrons. The number of anilines is 1. The Labute approximate surface area is 248 Å². The van der Waals surface area contributed by atoms with Gasteiger partial charge >= 0.3 is 6.18 Å². The lowest BCUT2D eigenvalue weighted by Crippen LogP contribution is -2.56. The maximum absolute atomic E-state index is 13.8. The third-order valence-electron chi connectivity index (χ3n) is 7.71. The molecule has 0 bridgehead atoms. The van der Waals surface area contributed by atoms with Crippen LogP contribution in [0.1, 0.15) is 42.5 Å². The van der Waals surface area contributed by atoms with Crippen molar-refractivity contribution < 1.29 is 27.5 Å². The van der Waals surface area contributed by atoms with Gasteiger partial charge in [0.25, 0.3) is 0 Å². The highest BCUT2D eigenvalue weighted by molar-refractivity contribution is 6.35. The number of amides is 2. The van der Waals surface area contributed by atoms with Gasteiger partial charge in [-0.05, 0) is 54.8 Å². The lowest BCUT2D eigenvalue weighted by Gasteiger charge is -2.40. The molecule has 7 nitrogen and oxygen atoms in total. The van der Waals surface area contributed by atoms with Gasteiger partial charge in [0, 0.05) is 81.0 Å². The molecule has 12 heteroatoms. The number of hydrogen-bond donors (Lipinski definition) is 1. The van der Waals surface area contributed by atoms with Crippen molar-refractivity contribution in [3.05, 3.63) is 63.1 Å². The molecule has 2 aliphatic rings. The van der Waals surface area contributed by atoms with Gasteiger partial charge < -0.3 is 24.8 Å². The molecule has 2 saturated heterocycles. The largest absolute Gasteiger partial charge is 0.416 e. The van der Waals surface area contributed by atoms with E-state index in [0.29, 0.717) is 80.0 Å². The maximum atomic E-state index is 13.8. The molecule has 2 amide bonds. The van der Waals surface area contributed by atoms with E-state index in [4.69, 9.17) is 27.9 Å². The van der Waals surface area contributed by atoms with Gasteiger partial charge in [-0.25, -0.2) is 0 Å². The number of nitrogens with one attached hydrogen (secondary N) is 1. The molecule has 2 aromatic carbocycles. The lowest BCUT2D eigenvalue weighted by molar-refractivity contribution is -0.143. The highest BCUT2D eigenvalue weighted by Crippen LogP contribution is 2.36. The number of halogens is 5. The first kappa shape index (κ1) is 31.4. The highest BCUT2D eigenvalue weighted by Gasteiger charge is 2.37. The van der Waals surface area contributed by atoms with Crippen molar-refractivity contribution in [3.63, 3.8) is 0 Å². The van der Waals surface area contributed by atoms with Crippen LogP contribution in [-0.4, -0.2) is 80.6 Å². The summed E-state index contributed by atoms with van der Waals surface area (Å²) < 4.78 is 45.7. The molecule has 41 heavy (non-hydrogen) atoms. The minimum Gasteiger partial charge on any atom is -0.383 e. The second kappa shape index (κ2) is 13.6. The van der Waals surface area contributed by atoms with Gasteiger partial charge in [0.2, 0.25) is 11.8 Å². The van der Waals surface area contributed by atoms with Crippen LogP contribution in [0.3, 0.4) is 0 Å². The summed E-state index contributed by atoms with van der Waals surface area (Å²) >= 11 is 12.5. The summed E-state index contributed by atoms with van der Waals surface area (Å²) in [6, 6.07) is 7.87. The van der Waals surface area contributed by atoms with Gasteiger partial charge in [0.1, 0.15) is 6.04 Å². The molecular weight excluding hydrogens is 580 g/mol. The Balaban J connectivity index is 1.51. The maximum Gasteiger partial charge on any atom is 0.416 e. The standard InChI is InChI=1S/C29H35Cl2F3N4O3/c1-19(35-9-15-41-2)23-17-21(29(32,33)34)6-8-25(23)36-11-13-37(14-12-36)28(40)26(38-10-3-4-27(38)39)16-20-5-7-22(30)18-24(20)31/h5-8,17-19,26,35H,3-4,9-16H2,1-2H3. The molecule has 2 fully saturated rings. The number of methoxy groups -OCH3 is 1. The Bertz CT molecular complexity index is 1240. The first-order valence-corrected chi connectivity index (χ1v) is 14.5. The fraction of sp³-hybridized carbons (Fsp3) is 0.517. The topological polar surface area (TPSA) is 65.1 Å². The molecule has 4 rings (SSSR count). The van der Waals surface area contributed by atoms with Crippen molar-refractivity contribution >= 4 is 40.7 Å². The van der Waals surface area contributed by atoms with Crippen LogP contribution in [0.2, 0.25) is 10.0 Å². The molecule has 0 aromatic heterocycles. The second-order valence-corrected chi connectivity index (χ2v) is 11.2. The SMILES string of the molecule is COCCNC(C)c1cc(C(F)(F)F)ccc1N1CCN(C(=O)C(Cc2ccc(Cl)cc2Cl)N2CCCC2=O)CC1. The number of benzene rings is 2. The van der Waals surface area contributed by atoms with E-state index < -0.39 is 17.8 Å². The molecule has 2 heterocycles. The molecule has 2 unspecified atom stereocenters. The summed E-state index contributed by atoms with van der Waals surface area (Å²) in [5.74, 6) is -0.218. The van der Waals surface area contributed by atoms with Crippen LogP contribution < -0.4 is 10.2 Å². The molecule has 0 aliphatic carbocycles. The number of rotatable bonds is 10. The molecule has 2 aliphatic heterocycles. The fourth-order valence-electron chi connectivity index (χ4n) is 5.46. The smallest absolute Gasteiger partial charge is 0.383 e. The van der Waals surface area contributed by atoms with Gasteiger partial charge in [-0.15, -0.1) is 0 Å². The molecule has 2 atom stereocenters. The summed E-state index contributed by atoms with van der Waals surface area (Å²) in [7, 11) is 1.57. The van der Waals surface area contributed by atoms with Crippen LogP contribution in [-0.2, 0) is 26.9 Å². The van der Waals surface area contributed by atoms with E-state index in [0.717, 1.165) is 11.6 Å². The minimum atomic E-state index is -4.46. The minimum absolute atomic E-state index is 0.0589. The van der Waals surface area contributed by atoms with Crippen molar-refractivity contribution in [2.45, 2.75) is 44.4 Å². The third-order valence-corrected chi connectivity index (χ3v) is 8.30. The number of nitrogens with zero attached hydrogens (tertiary/aromatic N) is 3. The van der Waals surface area contributed by atoms with Crippen LogP contribution in [0.5, 0.6) is 0 Å². The molecule has 0 saturated carbocycles. The zero-order valence-electron chi connectivity index (χ0n) is 23.1. The Morgan fingerprint density at radius 2 is 1.80 bits per heavy atom. The number of alkyl halides is 3. The van der Waals surface area contributed by atoms with Crippen LogP contribution in [0.4, 0.5) is 18.9 Å². The predicted octanol–water partition coefficient (Wildman–Crippen LogP) is 5.19. The first-order valence-electron chi connectivity index (χ1n) is 13.7. The number of carbonyl (C=O) groups excluding carboxylic acids is 2. The summed E-state index contributed by atoms with van der Waals surface area (Å²) in [5.41, 5.74) is 1.26. The zero-order chi connectivity index (χ0) is 29.7. The summed E-state index contributed by atoms with van der Waals surface area (Å²) in [6.45, 7) is 4.88. The number of hydrogen-bond acceptors (Lipinski definition) is 5. The van der Waals surface area contributed by atoms with Crippen LogP contribution in [0.25, 0.3) is 0 Å². The van der Waals surface area contributed by atoms with Crippen molar-refractivity contribution in [2.24, 2.45) is 0 Å². The van der Waals surface area contributed by atoms with E-state index >= 15 is 0 Å². The normalized spacial score (nSPS) is 17.7. The van der Waals surface area contributed by atoms with Crippen molar-refractivity contribution in [3.8, 4) is 0 Å². The first-order chi connectivity index (χ1) is 19.5. The number of carbonyl (C=O) groups is 2. The van der Waals surface area contributed by atoms with Gasteiger partial charge in [0.05, 0.1) is 12.2 Å². The average molecular weight is 616 g/mol. The molecule has 0 radical (unpaired) electrons. The van der Waals surface area contributed by atoms with Crippen LogP contribution in [0, 0.1) is 0 Å². The van der Waals surface area contributed by atoms with Crippen molar-refractivity contribution in [2.75, 3.05) is 57.9 Å². The summed E-state index contributed by atoms with van der Waals surface area (Å²) in [6.07, 6.45) is -3.09. The summed E-state index contributed by atoms with van der Waals surface area (Å²) in [5, 5.41) is 4.15. The van der Waals surface area contributed by atoms with Gasteiger partial charge in [0.15, 0.2) is 0 Å². The molecular formula is C29H35Cl2F3N4O3. The van der Waals surface area contributed by atoms with Crippen molar-refractivity contribution in [1.82, 2.24) is 15.1 Å². The third kappa shape index (κ3) is 7.66. The number of ether oxygens (including phenoxy) is 1. The predicted molar refractivity (Wildman–Crippen MR) is 153 cm³/mol. The Morgan fingerprint density at radius 1 is 1.07 bits per heavy atom. The molecule has 0 spiro atoms. The van der Waals surface area contributed by atoms with Crippen LogP contribution >= 0.6 is 23.2 Å². The monoisotopic (exact) mass is 614 g/mol. The van der Waals surface area contributed by atoms with E-state index in [1.54, 1.807) is 35.1 Å². The number of piperazine rings is 1. The Morgan fingerprint density at radius 3 is 2.41 bits per heavy atom. The van der Waals surface area contributed by atoms with Crippen LogP contribution in [0.15, 0.2) is 36.4 Å². The van der Waals surface area contributed by atoms with Crippen molar-refractivity contribution in [1.29, 1.82) is 0 Å². The Kier molecular flexibility index (Phi) is 10.4. The molecule has 2 aromatic rings. The number of likely N-dealkylation sites (tertiary alicyclic amines) is 1. The summed E-state index contributed by atoms with van der Waals surface area (Å²) in [4.78, 5) is 31.9. The highest BCUT2D eigenvalue weighted by atomic mass is 35.5. The lowest BCUT2D eigenvalue weighted by atomic mass is 10.00. The molecule has 1 N–H and O–H groups in total.